The first-order valence-electron chi connectivity index (χ1n) is 6.57. The van der Waals surface area contributed by atoms with Crippen molar-refractivity contribution in [1.82, 2.24) is 0 Å². The quantitative estimate of drug-likeness (QED) is 0.884. The third-order valence-electron chi connectivity index (χ3n) is 3.59. The number of fused-ring (bicyclic) bond motifs is 1. The van der Waals surface area contributed by atoms with E-state index in [9.17, 15) is 13.2 Å². The van der Waals surface area contributed by atoms with Gasteiger partial charge in [-0.15, -0.1) is 0 Å². The van der Waals surface area contributed by atoms with E-state index in [1.165, 1.54) is 0 Å². The van der Waals surface area contributed by atoms with Gasteiger partial charge in [-0.05, 0) is 19.9 Å². The Labute approximate surface area is 120 Å². The molecule has 0 bridgehead atoms. The summed E-state index contributed by atoms with van der Waals surface area (Å²) >= 11 is 0. The maximum atomic E-state index is 13.8. The first-order chi connectivity index (χ1) is 9.88. The molecule has 2 aromatic carbocycles. The Morgan fingerprint density at radius 1 is 1.05 bits per heavy atom. The summed E-state index contributed by atoms with van der Waals surface area (Å²) in [6.07, 6.45) is 0. The van der Waals surface area contributed by atoms with Gasteiger partial charge in [-0.1, -0.05) is 18.2 Å². The predicted octanol–water partition coefficient (Wildman–Crippen LogP) is 4.43. The van der Waals surface area contributed by atoms with E-state index < -0.39 is 29.1 Å². The maximum absolute atomic E-state index is 13.8. The van der Waals surface area contributed by atoms with Crippen molar-refractivity contribution >= 4 is 5.69 Å². The molecule has 0 spiro atoms. The molecule has 1 aliphatic rings. The van der Waals surface area contributed by atoms with Gasteiger partial charge in [0, 0.05) is 17.7 Å². The van der Waals surface area contributed by atoms with Crippen LogP contribution in [-0.4, -0.2) is 5.60 Å². The van der Waals surface area contributed by atoms with Crippen molar-refractivity contribution < 1.29 is 17.9 Å². The van der Waals surface area contributed by atoms with E-state index in [2.05, 4.69) is 5.32 Å². The zero-order valence-corrected chi connectivity index (χ0v) is 11.6. The van der Waals surface area contributed by atoms with E-state index in [-0.39, 0.29) is 5.69 Å². The number of rotatable bonds is 2. The van der Waals surface area contributed by atoms with E-state index >= 15 is 0 Å². The number of nitrogens with one attached hydrogen (secondary N) is 1. The highest BCUT2D eigenvalue weighted by Crippen LogP contribution is 2.45. The van der Waals surface area contributed by atoms with Gasteiger partial charge in [0.25, 0.3) is 0 Å². The highest BCUT2D eigenvalue weighted by Gasteiger charge is 2.41. The first kappa shape index (κ1) is 13.8. The molecule has 1 unspecified atom stereocenters. The van der Waals surface area contributed by atoms with Crippen LogP contribution < -0.4 is 10.1 Å². The summed E-state index contributed by atoms with van der Waals surface area (Å²) in [5.74, 6) is -2.21. The van der Waals surface area contributed by atoms with Crippen LogP contribution >= 0.6 is 0 Å². The molecule has 1 heterocycles. The van der Waals surface area contributed by atoms with E-state index in [4.69, 9.17) is 4.74 Å². The van der Waals surface area contributed by atoms with Crippen LogP contribution in [0.4, 0.5) is 18.9 Å². The normalized spacial score (nSPS) is 19.0. The van der Waals surface area contributed by atoms with Crippen molar-refractivity contribution in [3.63, 3.8) is 0 Å². The minimum atomic E-state index is -0.965. The molecule has 0 radical (unpaired) electrons. The molecule has 0 saturated heterocycles. The number of hydrogen-bond acceptors (Lipinski definition) is 2. The monoisotopic (exact) mass is 293 g/mol. The second-order valence-electron chi connectivity index (χ2n) is 5.57. The van der Waals surface area contributed by atoms with Crippen LogP contribution in [0.25, 0.3) is 0 Å². The van der Waals surface area contributed by atoms with Crippen LogP contribution in [0.2, 0.25) is 0 Å². The number of anilines is 1. The average Bonchev–Trinajstić information content (AvgIpc) is 2.63. The predicted molar refractivity (Wildman–Crippen MR) is 73.8 cm³/mol. The highest BCUT2D eigenvalue weighted by molar-refractivity contribution is 5.53. The van der Waals surface area contributed by atoms with E-state index in [0.29, 0.717) is 17.9 Å². The van der Waals surface area contributed by atoms with Gasteiger partial charge in [0.15, 0.2) is 11.6 Å². The fourth-order valence-corrected chi connectivity index (χ4v) is 2.60. The second-order valence-corrected chi connectivity index (χ2v) is 5.57. The lowest BCUT2D eigenvalue weighted by Gasteiger charge is -2.28. The molecule has 0 aliphatic carbocycles. The summed E-state index contributed by atoms with van der Waals surface area (Å²) in [5, 5.41) is 2.81. The van der Waals surface area contributed by atoms with Crippen molar-refractivity contribution in [3.05, 3.63) is 59.4 Å². The Morgan fingerprint density at radius 3 is 2.33 bits per heavy atom. The van der Waals surface area contributed by atoms with Gasteiger partial charge in [-0.25, -0.2) is 13.2 Å². The van der Waals surface area contributed by atoms with Crippen molar-refractivity contribution in [3.8, 4) is 5.75 Å². The van der Waals surface area contributed by atoms with Gasteiger partial charge in [-0.2, -0.15) is 0 Å². The lowest BCUT2D eigenvalue weighted by Crippen LogP contribution is -2.35. The molecule has 0 saturated carbocycles. The Balaban J connectivity index is 2.02. The van der Waals surface area contributed by atoms with Crippen LogP contribution in [0.15, 0.2) is 36.4 Å². The lowest BCUT2D eigenvalue weighted by atomic mass is 9.94. The molecule has 1 N–H and O–H groups in total. The summed E-state index contributed by atoms with van der Waals surface area (Å²) in [6, 6.07) is 8.16. The van der Waals surface area contributed by atoms with Crippen molar-refractivity contribution in [2.45, 2.75) is 25.5 Å². The molecule has 21 heavy (non-hydrogen) atoms. The van der Waals surface area contributed by atoms with Crippen LogP contribution in [0, 0.1) is 17.5 Å². The molecule has 1 aliphatic heterocycles. The molecule has 1 atom stereocenters. The third-order valence-corrected chi connectivity index (χ3v) is 3.59. The summed E-state index contributed by atoms with van der Waals surface area (Å²) in [4.78, 5) is 0. The van der Waals surface area contributed by atoms with E-state index in [0.717, 1.165) is 5.56 Å². The van der Waals surface area contributed by atoms with E-state index in [1.54, 1.807) is 6.07 Å². The largest absolute Gasteiger partial charge is 0.485 e. The average molecular weight is 293 g/mol. The summed E-state index contributed by atoms with van der Waals surface area (Å²) in [6.45, 7) is 3.65. The number of halogens is 3. The van der Waals surface area contributed by atoms with Crippen molar-refractivity contribution in [2.75, 3.05) is 5.32 Å². The van der Waals surface area contributed by atoms with Crippen LogP contribution in [0.5, 0.6) is 5.75 Å². The van der Waals surface area contributed by atoms with Crippen LogP contribution in [0.3, 0.4) is 0 Å². The van der Waals surface area contributed by atoms with Gasteiger partial charge in [0.2, 0.25) is 0 Å². The minimum absolute atomic E-state index is 0.352. The molecular weight excluding hydrogens is 279 g/mol. The topological polar surface area (TPSA) is 21.3 Å². The summed E-state index contributed by atoms with van der Waals surface area (Å²) in [7, 11) is 0. The Bertz CT molecular complexity index is 677. The SMILES string of the molecule is CC1(C)Oc2ccccc2C1Nc1c(F)cc(F)cc1F. The molecule has 5 heteroatoms. The van der Waals surface area contributed by atoms with Gasteiger partial charge in [0.05, 0.1) is 6.04 Å². The molecule has 110 valence electrons. The fourth-order valence-electron chi connectivity index (χ4n) is 2.60. The number of benzene rings is 2. The minimum Gasteiger partial charge on any atom is -0.485 e. The number of hydrogen-bond donors (Lipinski definition) is 1. The second kappa shape index (κ2) is 4.69. The standard InChI is InChI=1S/C16H14F3NO/c1-16(2)15(10-5-3-4-6-13(10)21-16)20-14-11(18)7-9(17)8-12(14)19/h3-8,15,20H,1-2H3. The van der Waals surface area contributed by atoms with Gasteiger partial charge in [-0.3, -0.25) is 0 Å². The summed E-state index contributed by atoms with van der Waals surface area (Å²) < 4.78 is 46.4. The fraction of sp³-hybridized carbons (Fsp3) is 0.250. The molecule has 0 aromatic heterocycles. The molecule has 2 nitrogen and oxygen atoms in total. The Morgan fingerprint density at radius 2 is 1.67 bits per heavy atom. The number of para-hydroxylation sites is 1. The summed E-state index contributed by atoms with van der Waals surface area (Å²) in [5.41, 5.74) is -0.225. The molecule has 0 amide bonds. The smallest absolute Gasteiger partial charge is 0.152 e. The molecule has 3 rings (SSSR count). The maximum Gasteiger partial charge on any atom is 0.152 e. The van der Waals surface area contributed by atoms with Crippen molar-refractivity contribution in [1.29, 1.82) is 0 Å². The van der Waals surface area contributed by atoms with Crippen LogP contribution in [-0.2, 0) is 0 Å². The lowest BCUT2D eigenvalue weighted by molar-refractivity contribution is 0.118. The van der Waals surface area contributed by atoms with E-state index in [1.807, 2.05) is 32.0 Å². The van der Waals surface area contributed by atoms with Gasteiger partial charge < -0.3 is 10.1 Å². The third kappa shape index (κ3) is 2.33. The van der Waals surface area contributed by atoms with Gasteiger partial charge >= 0.3 is 0 Å². The van der Waals surface area contributed by atoms with Gasteiger partial charge in [0.1, 0.15) is 22.9 Å². The molecular formula is C16H14F3NO. The number of ether oxygens (including phenoxy) is 1. The highest BCUT2D eigenvalue weighted by atomic mass is 19.1. The Kier molecular flexibility index (Phi) is 3.08. The first-order valence-corrected chi connectivity index (χ1v) is 6.57. The van der Waals surface area contributed by atoms with Crippen molar-refractivity contribution in [2.24, 2.45) is 0 Å². The zero-order chi connectivity index (χ0) is 15.2. The zero-order valence-electron chi connectivity index (χ0n) is 11.6. The molecule has 0 fully saturated rings. The molecule has 2 aromatic rings. The Hall–Kier alpha value is -2.17. The van der Waals surface area contributed by atoms with Crippen LogP contribution in [0.1, 0.15) is 25.5 Å².